The van der Waals surface area contributed by atoms with Crippen molar-refractivity contribution in [2.45, 2.75) is 0 Å². The molecule has 0 atom stereocenters. The highest BCUT2D eigenvalue weighted by Crippen LogP contribution is 2.21. The van der Waals surface area contributed by atoms with Crippen LogP contribution in [0.15, 0.2) is 48.5 Å². The Morgan fingerprint density at radius 1 is 0.833 bits per heavy atom. The quantitative estimate of drug-likeness (QED) is 0.681. The first-order valence-electron chi connectivity index (χ1n) is 5.21. The molecule has 0 bridgehead atoms. The highest BCUT2D eigenvalue weighted by molar-refractivity contribution is 6.39. The van der Waals surface area contributed by atoms with Gasteiger partial charge in [-0.1, -0.05) is 48.0 Å². The lowest BCUT2D eigenvalue weighted by atomic mass is 10.0. The molecular weight excluding hydrogens is 252 g/mol. The molecule has 2 aromatic carbocycles. The Morgan fingerprint density at radius 3 is 1.72 bits per heavy atom. The second-order valence-electron chi connectivity index (χ2n) is 3.72. The van der Waals surface area contributed by atoms with E-state index < -0.39 is 11.8 Å². The number of aliphatic carboxylic acids is 1. The zero-order valence-corrected chi connectivity index (χ0v) is 10.0. The van der Waals surface area contributed by atoms with E-state index in [0.717, 1.165) is 11.1 Å². The molecule has 3 nitrogen and oxygen atoms in total. The molecule has 0 aliphatic heterocycles. The first kappa shape index (κ1) is 12.3. The lowest BCUT2D eigenvalue weighted by Gasteiger charge is -2.02. The number of carbonyl (C=O) groups is 2. The molecule has 0 unspecified atom stereocenters. The Balaban J connectivity index is 2.30. The maximum Gasteiger partial charge on any atom is 0.377 e. The predicted molar refractivity (Wildman–Crippen MR) is 68.9 cm³/mol. The van der Waals surface area contributed by atoms with E-state index in [9.17, 15) is 9.59 Å². The van der Waals surface area contributed by atoms with Crippen LogP contribution in [0.3, 0.4) is 0 Å². The summed E-state index contributed by atoms with van der Waals surface area (Å²) in [7, 11) is 0. The van der Waals surface area contributed by atoms with Gasteiger partial charge in [0.05, 0.1) is 0 Å². The standard InChI is InChI=1S/C14H9ClO3/c15-12-7-5-10(6-8-12)9-1-3-11(4-2-9)13(16)14(17)18/h1-8H,(H,17,18). The van der Waals surface area contributed by atoms with Crippen LogP contribution < -0.4 is 0 Å². The number of Topliss-reactive ketones (excluding diaryl/α,β-unsaturated/α-hetero) is 1. The van der Waals surface area contributed by atoms with E-state index in [2.05, 4.69) is 0 Å². The minimum absolute atomic E-state index is 0.167. The summed E-state index contributed by atoms with van der Waals surface area (Å²) in [5, 5.41) is 9.24. The molecule has 0 saturated heterocycles. The molecule has 1 N–H and O–H groups in total. The number of halogens is 1. The van der Waals surface area contributed by atoms with Crippen molar-refractivity contribution in [3.05, 3.63) is 59.1 Å². The van der Waals surface area contributed by atoms with Crippen molar-refractivity contribution in [1.82, 2.24) is 0 Å². The predicted octanol–water partition coefficient (Wildman–Crippen LogP) is 3.27. The van der Waals surface area contributed by atoms with Gasteiger partial charge in [-0.25, -0.2) is 4.79 Å². The smallest absolute Gasteiger partial charge is 0.377 e. The van der Waals surface area contributed by atoms with Crippen molar-refractivity contribution >= 4 is 23.4 Å². The van der Waals surface area contributed by atoms with Gasteiger partial charge in [-0.2, -0.15) is 0 Å². The average Bonchev–Trinajstić information content (AvgIpc) is 2.39. The van der Waals surface area contributed by atoms with Gasteiger partial charge in [-0.15, -0.1) is 0 Å². The third kappa shape index (κ3) is 2.57. The van der Waals surface area contributed by atoms with E-state index >= 15 is 0 Å². The van der Waals surface area contributed by atoms with Crippen molar-refractivity contribution in [2.24, 2.45) is 0 Å². The van der Waals surface area contributed by atoms with Gasteiger partial charge in [-0.3, -0.25) is 4.79 Å². The molecule has 0 amide bonds. The van der Waals surface area contributed by atoms with E-state index in [4.69, 9.17) is 16.7 Å². The Labute approximate surface area is 109 Å². The molecule has 0 heterocycles. The summed E-state index contributed by atoms with van der Waals surface area (Å²) < 4.78 is 0. The number of rotatable bonds is 3. The molecule has 2 rings (SSSR count). The zero-order chi connectivity index (χ0) is 13.1. The fourth-order valence-corrected chi connectivity index (χ4v) is 1.71. The maximum atomic E-state index is 11.2. The Kier molecular flexibility index (Phi) is 3.44. The lowest BCUT2D eigenvalue weighted by Crippen LogP contribution is -2.12. The zero-order valence-electron chi connectivity index (χ0n) is 9.26. The van der Waals surface area contributed by atoms with Gasteiger partial charge < -0.3 is 5.11 Å². The van der Waals surface area contributed by atoms with Crippen molar-refractivity contribution in [2.75, 3.05) is 0 Å². The average molecular weight is 261 g/mol. The van der Waals surface area contributed by atoms with Crippen molar-refractivity contribution < 1.29 is 14.7 Å². The number of carbonyl (C=O) groups excluding carboxylic acids is 1. The van der Waals surface area contributed by atoms with Crippen molar-refractivity contribution in [3.8, 4) is 11.1 Å². The summed E-state index contributed by atoms with van der Waals surface area (Å²) in [5.74, 6) is -2.35. The summed E-state index contributed by atoms with van der Waals surface area (Å²) in [4.78, 5) is 21.7. The van der Waals surface area contributed by atoms with Crippen LogP contribution in [0.25, 0.3) is 11.1 Å². The number of ketones is 1. The largest absolute Gasteiger partial charge is 0.475 e. The molecule has 0 aliphatic carbocycles. The van der Waals surface area contributed by atoms with Crippen LogP contribution >= 0.6 is 11.6 Å². The molecule has 4 heteroatoms. The van der Waals surface area contributed by atoms with E-state index in [1.807, 2.05) is 12.1 Å². The van der Waals surface area contributed by atoms with Crippen LogP contribution in [0.1, 0.15) is 10.4 Å². The third-order valence-electron chi connectivity index (χ3n) is 2.52. The van der Waals surface area contributed by atoms with Crippen LogP contribution in [0.4, 0.5) is 0 Å². The van der Waals surface area contributed by atoms with Crippen LogP contribution in [0, 0.1) is 0 Å². The number of carboxylic acid groups (broad SMARTS) is 1. The van der Waals surface area contributed by atoms with Gasteiger partial charge in [0.25, 0.3) is 5.78 Å². The van der Waals surface area contributed by atoms with Gasteiger partial charge in [0, 0.05) is 10.6 Å². The second kappa shape index (κ2) is 5.02. The highest BCUT2D eigenvalue weighted by Gasteiger charge is 2.13. The molecule has 0 spiro atoms. The molecule has 0 fully saturated rings. The third-order valence-corrected chi connectivity index (χ3v) is 2.77. The minimum atomic E-state index is -1.45. The van der Waals surface area contributed by atoms with Crippen molar-refractivity contribution in [3.63, 3.8) is 0 Å². The summed E-state index contributed by atoms with van der Waals surface area (Å²) in [5.41, 5.74) is 2.02. The molecule has 0 aromatic heterocycles. The normalized spacial score (nSPS) is 10.1. The molecule has 0 saturated carbocycles. The molecule has 0 aliphatic rings. The van der Waals surface area contributed by atoms with E-state index in [1.54, 1.807) is 24.3 Å². The monoisotopic (exact) mass is 260 g/mol. The summed E-state index contributed by atoms with van der Waals surface area (Å²) in [6.45, 7) is 0. The van der Waals surface area contributed by atoms with Gasteiger partial charge in [-0.05, 0) is 23.3 Å². The number of carboxylic acids is 1. The van der Waals surface area contributed by atoms with Gasteiger partial charge in [0.15, 0.2) is 0 Å². The molecule has 2 aromatic rings. The molecule has 0 radical (unpaired) electrons. The number of benzene rings is 2. The first-order chi connectivity index (χ1) is 8.58. The first-order valence-corrected chi connectivity index (χ1v) is 5.59. The number of hydrogen-bond donors (Lipinski definition) is 1. The maximum absolute atomic E-state index is 11.2. The number of hydrogen-bond acceptors (Lipinski definition) is 2. The van der Waals surface area contributed by atoms with Gasteiger partial charge in [0.1, 0.15) is 0 Å². The van der Waals surface area contributed by atoms with Crippen LogP contribution in [0.2, 0.25) is 5.02 Å². The SMILES string of the molecule is O=C(O)C(=O)c1ccc(-c2ccc(Cl)cc2)cc1. The summed E-state index contributed by atoms with van der Waals surface area (Å²) >= 11 is 5.79. The second-order valence-corrected chi connectivity index (χ2v) is 4.15. The summed E-state index contributed by atoms with van der Waals surface area (Å²) in [6.07, 6.45) is 0. The fourth-order valence-electron chi connectivity index (χ4n) is 1.58. The van der Waals surface area contributed by atoms with Crippen LogP contribution in [-0.2, 0) is 4.79 Å². The Morgan fingerprint density at radius 2 is 1.28 bits per heavy atom. The Hall–Kier alpha value is -2.13. The summed E-state index contributed by atoms with van der Waals surface area (Å²) in [6, 6.07) is 13.7. The Bertz CT molecular complexity index is 585. The lowest BCUT2D eigenvalue weighted by molar-refractivity contribution is -0.131. The fraction of sp³-hybridized carbons (Fsp3) is 0. The van der Waals surface area contributed by atoms with Crippen molar-refractivity contribution in [1.29, 1.82) is 0 Å². The topological polar surface area (TPSA) is 54.4 Å². The van der Waals surface area contributed by atoms with E-state index in [0.29, 0.717) is 5.02 Å². The van der Waals surface area contributed by atoms with E-state index in [1.165, 1.54) is 12.1 Å². The minimum Gasteiger partial charge on any atom is -0.475 e. The van der Waals surface area contributed by atoms with Gasteiger partial charge >= 0.3 is 5.97 Å². The molecular formula is C14H9ClO3. The van der Waals surface area contributed by atoms with Crippen LogP contribution in [-0.4, -0.2) is 16.9 Å². The highest BCUT2D eigenvalue weighted by atomic mass is 35.5. The molecule has 90 valence electrons. The van der Waals surface area contributed by atoms with E-state index in [-0.39, 0.29) is 5.56 Å². The molecule has 18 heavy (non-hydrogen) atoms. The van der Waals surface area contributed by atoms with Gasteiger partial charge in [0.2, 0.25) is 0 Å². The van der Waals surface area contributed by atoms with Crippen LogP contribution in [0.5, 0.6) is 0 Å².